The molecule has 1 aliphatic carbocycles. The Morgan fingerprint density at radius 2 is 2.35 bits per heavy atom. The first kappa shape index (κ1) is 11.7. The summed E-state index contributed by atoms with van der Waals surface area (Å²) in [5, 5.41) is 8.57. The predicted octanol–water partition coefficient (Wildman–Crippen LogP) is 1.93. The molecule has 0 aliphatic heterocycles. The number of alkyl halides is 2. The van der Waals surface area contributed by atoms with Gasteiger partial charge in [-0.05, 0) is 12.8 Å². The van der Waals surface area contributed by atoms with E-state index in [4.69, 9.17) is 5.26 Å². The maximum absolute atomic E-state index is 13.2. The molecule has 0 amide bonds. The third-order valence-corrected chi connectivity index (χ3v) is 2.97. The van der Waals surface area contributed by atoms with Gasteiger partial charge in [0.1, 0.15) is 17.5 Å². The molecule has 1 aromatic rings. The first-order chi connectivity index (χ1) is 8.02. The molecule has 1 saturated carbocycles. The smallest absolute Gasteiger partial charge is 0.268 e. The molecule has 1 aromatic heterocycles. The van der Waals surface area contributed by atoms with Gasteiger partial charge in [0, 0.05) is 18.8 Å². The van der Waals surface area contributed by atoms with Crippen LogP contribution in [0.5, 0.6) is 0 Å². The Kier molecular flexibility index (Phi) is 2.92. The van der Waals surface area contributed by atoms with E-state index in [0.29, 0.717) is 12.8 Å². The third-order valence-electron chi connectivity index (χ3n) is 2.97. The molecule has 1 heterocycles. The molecule has 1 unspecified atom stereocenters. The Balaban J connectivity index is 2.26. The van der Waals surface area contributed by atoms with Gasteiger partial charge in [-0.2, -0.15) is 5.26 Å². The number of hydrogen-bond acceptors (Lipinski definition) is 3. The number of nitrogens with zero attached hydrogens (tertiary/aromatic N) is 2. The van der Waals surface area contributed by atoms with E-state index in [2.05, 4.69) is 9.97 Å². The van der Waals surface area contributed by atoms with Crippen LogP contribution in [-0.2, 0) is 0 Å². The number of aromatic amines is 1. The maximum atomic E-state index is 13.2. The number of halogens is 2. The third kappa shape index (κ3) is 2.49. The van der Waals surface area contributed by atoms with E-state index in [9.17, 15) is 13.6 Å². The van der Waals surface area contributed by atoms with Gasteiger partial charge >= 0.3 is 0 Å². The summed E-state index contributed by atoms with van der Waals surface area (Å²) in [5.74, 6) is -2.86. The lowest BCUT2D eigenvalue weighted by molar-refractivity contribution is -0.0417. The molecule has 0 aromatic carbocycles. The quantitative estimate of drug-likeness (QED) is 0.814. The molecule has 0 spiro atoms. The van der Waals surface area contributed by atoms with Gasteiger partial charge in [-0.3, -0.25) is 4.79 Å². The average molecular weight is 239 g/mol. The van der Waals surface area contributed by atoms with Crippen molar-refractivity contribution in [2.24, 2.45) is 0 Å². The second-order valence-electron chi connectivity index (χ2n) is 4.27. The Labute approximate surface area is 96.3 Å². The Bertz CT molecular complexity index is 518. The van der Waals surface area contributed by atoms with Crippen molar-refractivity contribution in [3.8, 4) is 6.07 Å². The van der Waals surface area contributed by atoms with Gasteiger partial charge in [-0.1, -0.05) is 0 Å². The molecule has 4 nitrogen and oxygen atoms in total. The van der Waals surface area contributed by atoms with Gasteiger partial charge in [0.2, 0.25) is 5.92 Å². The minimum Gasteiger partial charge on any atom is -0.309 e. The van der Waals surface area contributed by atoms with Crippen LogP contribution in [0, 0.1) is 11.3 Å². The fourth-order valence-electron chi connectivity index (χ4n) is 2.10. The molecule has 1 atom stereocenters. The molecule has 2 rings (SSSR count). The average Bonchev–Trinajstić information content (AvgIpc) is 2.27. The van der Waals surface area contributed by atoms with Gasteiger partial charge in [-0.15, -0.1) is 0 Å². The van der Waals surface area contributed by atoms with Gasteiger partial charge in [0.05, 0.1) is 6.20 Å². The van der Waals surface area contributed by atoms with Crippen LogP contribution in [0.2, 0.25) is 0 Å². The summed E-state index contributed by atoms with van der Waals surface area (Å²) < 4.78 is 26.4. The van der Waals surface area contributed by atoms with E-state index >= 15 is 0 Å². The minimum absolute atomic E-state index is 0.101. The number of nitrogens with one attached hydrogen (secondary N) is 1. The molecule has 90 valence electrons. The highest BCUT2D eigenvalue weighted by molar-refractivity contribution is 5.22. The molecule has 1 aliphatic rings. The van der Waals surface area contributed by atoms with Crippen LogP contribution < -0.4 is 5.56 Å². The molecular formula is C11H11F2N3O. The van der Waals surface area contributed by atoms with Gasteiger partial charge in [0.15, 0.2) is 0 Å². The van der Waals surface area contributed by atoms with E-state index in [-0.39, 0.29) is 24.2 Å². The Hall–Kier alpha value is -1.77. The lowest BCUT2D eigenvalue weighted by Gasteiger charge is -2.27. The van der Waals surface area contributed by atoms with Crippen molar-refractivity contribution in [3.63, 3.8) is 0 Å². The van der Waals surface area contributed by atoms with Gasteiger partial charge in [0.25, 0.3) is 5.56 Å². The van der Waals surface area contributed by atoms with Crippen molar-refractivity contribution in [1.82, 2.24) is 9.97 Å². The minimum atomic E-state index is -2.69. The van der Waals surface area contributed by atoms with E-state index in [1.807, 2.05) is 0 Å². The number of hydrogen-bond donors (Lipinski definition) is 1. The Morgan fingerprint density at radius 1 is 1.59 bits per heavy atom. The lowest BCUT2D eigenvalue weighted by Crippen LogP contribution is -2.27. The summed E-state index contributed by atoms with van der Waals surface area (Å²) in [5.41, 5.74) is -0.664. The highest BCUT2D eigenvalue weighted by Crippen LogP contribution is 2.40. The normalized spacial score (nSPS) is 23.0. The van der Waals surface area contributed by atoms with E-state index < -0.39 is 17.4 Å². The maximum Gasteiger partial charge on any atom is 0.268 e. The molecule has 17 heavy (non-hydrogen) atoms. The zero-order chi connectivity index (χ0) is 12.5. The second-order valence-corrected chi connectivity index (χ2v) is 4.27. The number of rotatable bonds is 1. The summed E-state index contributed by atoms with van der Waals surface area (Å²) >= 11 is 0. The predicted molar refractivity (Wildman–Crippen MR) is 55.7 cm³/mol. The van der Waals surface area contributed by atoms with Crippen molar-refractivity contribution in [2.75, 3.05) is 0 Å². The molecule has 0 bridgehead atoms. The van der Waals surface area contributed by atoms with Gasteiger partial charge in [-0.25, -0.2) is 13.8 Å². The van der Waals surface area contributed by atoms with Crippen molar-refractivity contribution in [1.29, 1.82) is 5.26 Å². The lowest BCUT2D eigenvalue weighted by atomic mass is 9.86. The van der Waals surface area contributed by atoms with E-state index in [0.717, 1.165) is 6.20 Å². The molecular weight excluding hydrogens is 228 g/mol. The van der Waals surface area contributed by atoms with Gasteiger partial charge < -0.3 is 4.98 Å². The van der Waals surface area contributed by atoms with Crippen LogP contribution in [0.3, 0.4) is 0 Å². The molecule has 0 saturated heterocycles. The van der Waals surface area contributed by atoms with Crippen LogP contribution >= 0.6 is 0 Å². The van der Waals surface area contributed by atoms with Crippen LogP contribution in [-0.4, -0.2) is 15.9 Å². The van der Waals surface area contributed by atoms with Crippen LogP contribution in [0.25, 0.3) is 0 Å². The van der Waals surface area contributed by atoms with Crippen molar-refractivity contribution < 1.29 is 8.78 Å². The number of aromatic nitrogens is 2. The van der Waals surface area contributed by atoms with Crippen LogP contribution in [0.1, 0.15) is 43.0 Å². The fourth-order valence-corrected chi connectivity index (χ4v) is 2.10. The first-order valence-corrected chi connectivity index (χ1v) is 5.39. The highest BCUT2D eigenvalue weighted by Gasteiger charge is 2.37. The fraction of sp³-hybridized carbons (Fsp3) is 0.545. The van der Waals surface area contributed by atoms with Crippen molar-refractivity contribution in [3.05, 3.63) is 27.9 Å². The number of nitriles is 1. The zero-order valence-corrected chi connectivity index (χ0v) is 9.04. The van der Waals surface area contributed by atoms with Crippen molar-refractivity contribution in [2.45, 2.75) is 37.5 Å². The summed E-state index contributed by atoms with van der Waals surface area (Å²) in [6.45, 7) is 0. The molecule has 6 heteroatoms. The monoisotopic (exact) mass is 239 g/mol. The SMILES string of the molecule is N#Cc1cnc(C2CCCC(F)(F)C2)[nH]c1=O. The Morgan fingerprint density at radius 3 is 2.94 bits per heavy atom. The molecule has 1 N–H and O–H groups in total. The highest BCUT2D eigenvalue weighted by atomic mass is 19.3. The zero-order valence-electron chi connectivity index (χ0n) is 9.04. The van der Waals surface area contributed by atoms with E-state index in [1.165, 1.54) is 0 Å². The standard InChI is InChI=1S/C11H11F2N3O/c12-11(13)3-1-2-7(4-11)9-15-6-8(5-14)10(17)16-9/h6-7H,1-4H2,(H,15,16,17). The second kappa shape index (κ2) is 4.24. The van der Waals surface area contributed by atoms with Crippen molar-refractivity contribution >= 4 is 0 Å². The van der Waals surface area contributed by atoms with Crippen LogP contribution in [0.15, 0.2) is 11.0 Å². The van der Waals surface area contributed by atoms with Crippen LogP contribution in [0.4, 0.5) is 8.78 Å². The number of H-pyrrole nitrogens is 1. The first-order valence-electron chi connectivity index (χ1n) is 5.39. The molecule has 0 radical (unpaired) electrons. The van der Waals surface area contributed by atoms with E-state index in [1.54, 1.807) is 6.07 Å². The largest absolute Gasteiger partial charge is 0.309 e. The molecule has 1 fully saturated rings. The summed E-state index contributed by atoms with van der Waals surface area (Å²) in [6, 6.07) is 1.69. The summed E-state index contributed by atoms with van der Waals surface area (Å²) in [4.78, 5) is 17.7. The summed E-state index contributed by atoms with van der Waals surface area (Å²) in [7, 11) is 0. The topological polar surface area (TPSA) is 69.5 Å². The summed E-state index contributed by atoms with van der Waals surface area (Å²) in [6.07, 6.45) is 1.75.